The first-order chi connectivity index (χ1) is 9.98. The summed E-state index contributed by atoms with van der Waals surface area (Å²) < 4.78 is 0. The lowest BCUT2D eigenvalue weighted by atomic mass is 10.1. The molecule has 21 heavy (non-hydrogen) atoms. The minimum absolute atomic E-state index is 0.532. The summed E-state index contributed by atoms with van der Waals surface area (Å²) in [6.45, 7) is 9.55. The van der Waals surface area contributed by atoms with Gasteiger partial charge in [-0.15, -0.1) is 0 Å². The van der Waals surface area contributed by atoms with Gasteiger partial charge in [0.1, 0.15) is 0 Å². The minimum atomic E-state index is -0.806. The van der Waals surface area contributed by atoms with Crippen molar-refractivity contribution in [2.75, 3.05) is 19.2 Å². The third kappa shape index (κ3) is 5.21. The van der Waals surface area contributed by atoms with Crippen molar-refractivity contribution in [1.29, 1.82) is 0 Å². The third-order valence-corrected chi connectivity index (χ3v) is 11.0. The molecule has 0 spiro atoms. The fourth-order valence-corrected chi connectivity index (χ4v) is 8.60. The van der Waals surface area contributed by atoms with Crippen LogP contribution in [0.3, 0.4) is 0 Å². The van der Waals surface area contributed by atoms with Crippen LogP contribution in [-0.4, -0.2) is 19.2 Å². The van der Waals surface area contributed by atoms with Crippen LogP contribution in [0.5, 0.6) is 0 Å². The average Bonchev–Trinajstić information content (AvgIpc) is 2.43. The van der Waals surface area contributed by atoms with Crippen molar-refractivity contribution in [3.8, 4) is 0 Å². The Labute approximate surface area is 132 Å². The summed E-state index contributed by atoms with van der Waals surface area (Å²) in [5, 5.41) is 0. The molecule has 1 unspecified atom stereocenters. The van der Waals surface area contributed by atoms with Crippen LogP contribution < -0.4 is 0 Å². The summed E-state index contributed by atoms with van der Waals surface area (Å²) in [5.41, 5.74) is 6.04. The largest absolute Gasteiger partial charge is 0.155 e. The normalized spacial score (nSPS) is 12.2. The molecule has 0 saturated carbocycles. The Bertz CT molecular complexity index is 588. The van der Waals surface area contributed by atoms with E-state index in [-0.39, 0.29) is 0 Å². The van der Waals surface area contributed by atoms with Crippen molar-refractivity contribution in [2.24, 2.45) is 0 Å². The molecule has 0 aliphatic carbocycles. The minimum Gasteiger partial charge on any atom is -0.0620 e. The van der Waals surface area contributed by atoms with Gasteiger partial charge in [-0.05, 0) is 36.1 Å². The monoisotopic (exact) mass is 318 g/mol. The molecule has 0 aromatic heterocycles. The first kappa shape index (κ1) is 16.7. The average molecular weight is 318 g/mol. The highest BCUT2D eigenvalue weighted by atomic mass is 31.2. The molecule has 0 aliphatic heterocycles. The lowest BCUT2D eigenvalue weighted by molar-refractivity contribution is 1.28. The first-order valence-electron chi connectivity index (χ1n) is 7.71. The maximum atomic E-state index is 2.53. The Kier molecular flexibility index (Phi) is 5.98. The Morgan fingerprint density at radius 3 is 1.90 bits per heavy atom. The second kappa shape index (κ2) is 7.53. The van der Waals surface area contributed by atoms with E-state index in [0.29, 0.717) is 8.58 Å². The van der Waals surface area contributed by atoms with Crippen LogP contribution in [0.15, 0.2) is 48.5 Å². The molecule has 0 saturated heterocycles. The van der Waals surface area contributed by atoms with Crippen molar-refractivity contribution in [1.82, 2.24) is 0 Å². The molecule has 2 aromatic carbocycles. The van der Waals surface area contributed by atoms with Gasteiger partial charge >= 0.3 is 0 Å². The van der Waals surface area contributed by atoms with Gasteiger partial charge in [-0.2, -0.15) is 0 Å². The highest BCUT2D eigenvalue weighted by Crippen LogP contribution is 2.58. The highest BCUT2D eigenvalue weighted by Gasteiger charge is 2.28. The van der Waals surface area contributed by atoms with E-state index >= 15 is 0 Å². The van der Waals surface area contributed by atoms with Gasteiger partial charge in [0.05, 0.1) is 32.9 Å². The molecule has 0 bridgehead atoms. The van der Waals surface area contributed by atoms with Gasteiger partial charge in [-0.25, -0.2) is 0 Å². The predicted octanol–water partition coefficient (Wildman–Crippen LogP) is 5.65. The predicted molar refractivity (Wildman–Crippen MR) is 103 cm³/mol. The molecule has 0 nitrogen and oxygen atoms in total. The maximum absolute atomic E-state index is 2.53. The molecule has 1 atom stereocenters. The summed E-state index contributed by atoms with van der Waals surface area (Å²) in [6.07, 6.45) is 2.62. The number of rotatable bonds is 6. The molecule has 2 heteroatoms. The van der Waals surface area contributed by atoms with Crippen LogP contribution in [0.1, 0.15) is 22.3 Å². The van der Waals surface area contributed by atoms with E-state index in [1.54, 1.807) is 11.1 Å². The topological polar surface area (TPSA) is 0 Å². The van der Waals surface area contributed by atoms with Crippen molar-refractivity contribution >= 4 is 15.8 Å². The second-order valence-electron chi connectivity index (χ2n) is 6.62. The Hall–Kier alpha value is -0.700. The van der Waals surface area contributed by atoms with Gasteiger partial charge in [-0.3, -0.25) is 0 Å². The van der Waals surface area contributed by atoms with Gasteiger partial charge in [0.15, 0.2) is 5.90 Å². The summed E-state index contributed by atoms with van der Waals surface area (Å²) in [7, 11) is -0.274. The summed E-state index contributed by atoms with van der Waals surface area (Å²) >= 11 is 0. The van der Waals surface area contributed by atoms with E-state index in [1.165, 1.54) is 29.4 Å². The fraction of sp³-hybridized carbons (Fsp3) is 0.368. The molecule has 0 heterocycles. The van der Waals surface area contributed by atoms with Crippen molar-refractivity contribution in [2.45, 2.75) is 26.2 Å². The zero-order chi connectivity index (χ0) is 15.3. The van der Waals surface area contributed by atoms with Gasteiger partial charge in [0, 0.05) is 8.58 Å². The fourth-order valence-electron chi connectivity index (χ4n) is 2.72. The Morgan fingerprint density at radius 1 is 0.810 bits per heavy atom. The number of benzene rings is 2. The number of hydrogen-bond acceptors (Lipinski definition) is 0. The molecule has 112 valence electrons. The van der Waals surface area contributed by atoms with Crippen LogP contribution in [0, 0.1) is 13.8 Å². The first-order valence-corrected chi connectivity index (χ1v) is 12.4. The van der Waals surface area contributed by atoms with E-state index in [4.69, 9.17) is 0 Å². The van der Waals surface area contributed by atoms with Crippen LogP contribution in [-0.2, 0) is 12.3 Å². The lowest BCUT2D eigenvalue weighted by Gasteiger charge is -2.16. The van der Waals surface area contributed by atoms with Crippen molar-refractivity contribution in [3.63, 3.8) is 0 Å². The molecule has 0 radical (unpaired) electrons. The van der Waals surface area contributed by atoms with Crippen LogP contribution in [0.4, 0.5) is 0 Å². The molecule has 2 aromatic rings. The highest BCUT2D eigenvalue weighted by molar-refractivity contribution is 7.80. The molecule has 0 amide bonds. The van der Waals surface area contributed by atoms with Crippen LogP contribution >= 0.6 is 15.8 Å². The van der Waals surface area contributed by atoms with Crippen molar-refractivity contribution < 1.29 is 0 Å². The molecular formula is C19H28P2+2. The van der Waals surface area contributed by atoms with E-state index < -0.39 is 7.26 Å². The lowest BCUT2D eigenvalue weighted by Crippen LogP contribution is -1.98. The van der Waals surface area contributed by atoms with Gasteiger partial charge in [0.2, 0.25) is 0 Å². The van der Waals surface area contributed by atoms with Gasteiger partial charge in [0.25, 0.3) is 0 Å². The smallest absolute Gasteiger partial charge is 0.0620 e. The zero-order valence-electron chi connectivity index (χ0n) is 13.8. The summed E-state index contributed by atoms with van der Waals surface area (Å²) in [6, 6.07) is 17.7. The standard InChI is InChI=1S/C19H27P2/c1-16-9-5-7-11-18(16)13-20-15-21(3,4)14-19-12-8-6-10-17(19)2/h5-12,20H,13-15H2,1-4H3/q+1/p+1. The van der Waals surface area contributed by atoms with Crippen LogP contribution in [0.25, 0.3) is 0 Å². The third-order valence-electron chi connectivity index (χ3n) is 4.11. The van der Waals surface area contributed by atoms with Crippen LogP contribution in [0.2, 0.25) is 0 Å². The zero-order valence-corrected chi connectivity index (χ0v) is 15.8. The SMILES string of the molecule is Cc1ccccc1C[PH2+]C[P+](C)(C)Cc1ccccc1C. The maximum Gasteiger partial charge on any atom is 0.155 e. The molecule has 0 fully saturated rings. The van der Waals surface area contributed by atoms with E-state index in [1.807, 2.05) is 0 Å². The van der Waals surface area contributed by atoms with Gasteiger partial charge < -0.3 is 0 Å². The molecule has 0 N–H and O–H groups in total. The van der Waals surface area contributed by atoms with E-state index in [0.717, 1.165) is 0 Å². The number of hydrogen-bond donors (Lipinski definition) is 0. The van der Waals surface area contributed by atoms with Gasteiger partial charge in [-0.1, -0.05) is 48.5 Å². The second-order valence-corrected chi connectivity index (χ2v) is 13.3. The Morgan fingerprint density at radius 2 is 1.33 bits per heavy atom. The summed E-state index contributed by atoms with van der Waals surface area (Å²) in [4.78, 5) is 0. The van der Waals surface area contributed by atoms with E-state index in [9.17, 15) is 0 Å². The molecule has 2 rings (SSSR count). The molecule has 0 aliphatic rings. The van der Waals surface area contributed by atoms with E-state index in [2.05, 4.69) is 75.7 Å². The van der Waals surface area contributed by atoms with Crippen molar-refractivity contribution in [3.05, 3.63) is 70.8 Å². The molecular weight excluding hydrogens is 290 g/mol. The number of aryl methyl sites for hydroxylation is 2. The quantitative estimate of drug-likeness (QED) is 0.604. The summed E-state index contributed by atoms with van der Waals surface area (Å²) in [5.74, 6) is 1.47. The Balaban J connectivity index is 1.90.